The van der Waals surface area contributed by atoms with Crippen molar-refractivity contribution in [1.29, 1.82) is 0 Å². The van der Waals surface area contributed by atoms with Gasteiger partial charge in [0.2, 0.25) is 0 Å². The molecule has 0 saturated heterocycles. The number of carbonyl (C=O) groups excluding carboxylic acids is 2. The van der Waals surface area contributed by atoms with Crippen LogP contribution in [0.25, 0.3) is 10.6 Å². The predicted octanol–water partition coefficient (Wildman–Crippen LogP) is 3.97. The number of nitrogens with zero attached hydrogens (tertiary/aromatic N) is 1. The van der Waals surface area contributed by atoms with Crippen LogP contribution in [-0.4, -0.2) is 24.0 Å². The molecule has 0 aliphatic rings. The largest absolute Gasteiger partial charge is 0.469 e. The average Bonchev–Trinajstić information content (AvgIpc) is 3.35. The zero-order valence-electron chi connectivity index (χ0n) is 12.7. The number of carbonyl (C=O) groups is 2. The molecule has 0 aromatic carbocycles. The molecule has 3 rings (SSSR count). The number of ether oxygens (including phenoxy) is 1. The van der Waals surface area contributed by atoms with Crippen molar-refractivity contribution in [2.24, 2.45) is 0 Å². The Balaban J connectivity index is 1.74. The Hall–Kier alpha value is -2.03. The van der Waals surface area contributed by atoms with Crippen molar-refractivity contribution < 1.29 is 14.3 Å². The zero-order valence-corrected chi connectivity index (χ0v) is 15.2. The normalized spacial score (nSPS) is 11.9. The van der Waals surface area contributed by atoms with Crippen molar-refractivity contribution in [2.75, 3.05) is 7.11 Å². The number of amides is 1. The first-order valence-electron chi connectivity index (χ1n) is 7.06. The molecule has 3 aromatic rings. The summed E-state index contributed by atoms with van der Waals surface area (Å²) < 4.78 is 4.72. The van der Waals surface area contributed by atoms with Crippen molar-refractivity contribution >= 4 is 45.9 Å². The van der Waals surface area contributed by atoms with Crippen molar-refractivity contribution in [3.8, 4) is 10.6 Å². The fourth-order valence-corrected chi connectivity index (χ4v) is 4.38. The molecule has 0 bridgehead atoms. The van der Waals surface area contributed by atoms with Crippen molar-refractivity contribution in [2.45, 2.75) is 12.5 Å². The molecule has 0 aliphatic heterocycles. The van der Waals surface area contributed by atoms with E-state index in [1.165, 1.54) is 29.8 Å². The third-order valence-electron chi connectivity index (χ3n) is 3.30. The zero-order chi connectivity index (χ0) is 16.9. The summed E-state index contributed by atoms with van der Waals surface area (Å²) in [4.78, 5) is 29.4. The monoisotopic (exact) mass is 378 g/mol. The second-order valence-electron chi connectivity index (χ2n) is 4.87. The lowest BCUT2D eigenvalue weighted by Crippen LogP contribution is -2.30. The Morgan fingerprint density at radius 1 is 1.25 bits per heavy atom. The van der Waals surface area contributed by atoms with E-state index in [-0.39, 0.29) is 18.3 Å². The van der Waals surface area contributed by atoms with Crippen LogP contribution in [0, 0.1) is 0 Å². The smallest absolute Gasteiger partial charge is 0.307 e. The van der Waals surface area contributed by atoms with Gasteiger partial charge < -0.3 is 10.1 Å². The Kier molecular flexibility index (Phi) is 5.39. The molecule has 5 nitrogen and oxygen atoms in total. The van der Waals surface area contributed by atoms with Gasteiger partial charge >= 0.3 is 5.97 Å². The van der Waals surface area contributed by atoms with Gasteiger partial charge in [-0.05, 0) is 22.9 Å². The highest BCUT2D eigenvalue weighted by atomic mass is 32.1. The summed E-state index contributed by atoms with van der Waals surface area (Å²) in [5, 5.41) is 11.3. The van der Waals surface area contributed by atoms with Crippen LogP contribution in [0.2, 0.25) is 0 Å². The Bertz CT molecular complexity index is 810. The van der Waals surface area contributed by atoms with Crippen LogP contribution in [0.1, 0.15) is 27.8 Å². The number of thiazole rings is 1. The summed E-state index contributed by atoms with van der Waals surface area (Å²) in [6.45, 7) is 0. The quantitative estimate of drug-likeness (QED) is 0.659. The predicted molar refractivity (Wildman–Crippen MR) is 96.6 cm³/mol. The second kappa shape index (κ2) is 7.69. The minimum atomic E-state index is -0.420. The van der Waals surface area contributed by atoms with Crippen LogP contribution in [0.4, 0.5) is 0 Å². The van der Waals surface area contributed by atoms with Crippen LogP contribution in [0.5, 0.6) is 0 Å². The van der Waals surface area contributed by atoms with Crippen molar-refractivity contribution in [3.63, 3.8) is 0 Å². The molecule has 24 heavy (non-hydrogen) atoms. The van der Waals surface area contributed by atoms with E-state index in [0.29, 0.717) is 5.69 Å². The maximum Gasteiger partial charge on any atom is 0.307 e. The second-order valence-corrected chi connectivity index (χ2v) is 7.49. The van der Waals surface area contributed by atoms with Crippen LogP contribution in [0.3, 0.4) is 0 Å². The lowest BCUT2D eigenvalue weighted by atomic mass is 10.1. The highest BCUT2D eigenvalue weighted by molar-refractivity contribution is 7.14. The van der Waals surface area contributed by atoms with Crippen molar-refractivity contribution in [3.05, 3.63) is 50.3 Å². The minimum Gasteiger partial charge on any atom is -0.469 e. The van der Waals surface area contributed by atoms with Crippen molar-refractivity contribution in [1.82, 2.24) is 10.3 Å². The van der Waals surface area contributed by atoms with E-state index in [2.05, 4.69) is 10.3 Å². The molecule has 1 unspecified atom stereocenters. The summed E-state index contributed by atoms with van der Waals surface area (Å²) in [5.41, 5.74) is 1.36. The summed E-state index contributed by atoms with van der Waals surface area (Å²) in [6.07, 6.45) is 0.0876. The van der Waals surface area contributed by atoms with Gasteiger partial charge in [0.1, 0.15) is 10.7 Å². The highest BCUT2D eigenvalue weighted by Gasteiger charge is 2.22. The number of nitrogens with one attached hydrogen (secondary N) is 1. The van der Waals surface area contributed by atoms with E-state index in [1.54, 1.807) is 16.7 Å². The van der Waals surface area contributed by atoms with Gasteiger partial charge in [-0.3, -0.25) is 9.59 Å². The third kappa shape index (κ3) is 3.89. The van der Waals surface area contributed by atoms with Gasteiger partial charge in [-0.2, -0.15) is 11.3 Å². The Morgan fingerprint density at radius 2 is 2.12 bits per heavy atom. The summed E-state index contributed by atoms with van der Waals surface area (Å²) in [7, 11) is 1.34. The molecular weight excluding hydrogens is 364 g/mol. The van der Waals surface area contributed by atoms with Gasteiger partial charge in [0.25, 0.3) is 5.91 Å². The summed E-state index contributed by atoms with van der Waals surface area (Å²) in [6, 6.07) is 5.32. The van der Waals surface area contributed by atoms with E-state index in [0.717, 1.165) is 15.4 Å². The van der Waals surface area contributed by atoms with Gasteiger partial charge in [0, 0.05) is 21.2 Å². The Morgan fingerprint density at radius 3 is 2.79 bits per heavy atom. The maximum absolute atomic E-state index is 12.5. The molecule has 8 heteroatoms. The molecule has 3 aromatic heterocycles. The van der Waals surface area contributed by atoms with Crippen LogP contribution in [-0.2, 0) is 9.53 Å². The lowest BCUT2D eigenvalue weighted by molar-refractivity contribution is -0.141. The molecule has 1 N–H and O–H groups in total. The number of rotatable bonds is 6. The lowest BCUT2D eigenvalue weighted by Gasteiger charge is -2.15. The number of thiophene rings is 2. The first-order chi connectivity index (χ1) is 11.7. The average molecular weight is 379 g/mol. The molecular formula is C16H14N2O3S3. The first kappa shape index (κ1) is 16.8. The molecule has 0 radical (unpaired) electrons. The summed E-state index contributed by atoms with van der Waals surface area (Å²) in [5.74, 6) is -0.666. The fourth-order valence-electron chi connectivity index (χ4n) is 2.09. The molecule has 124 valence electrons. The number of hydrogen-bond acceptors (Lipinski definition) is 7. The highest BCUT2D eigenvalue weighted by Crippen LogP contribution is 2.27. The molecule has 3 heterocycles. The van der Waals surface area contributed by atoms with E-state index in [4.69, 9.17) is 4.74 Å². The van der Waals surface area contributed by atoms with Crippen LogP contribution in [0.15, 0.2) is 39.7 Å². The van der Waals surface area contributed by atoms with E-state index in [9.17, 15) is 9.59 Å². The van der Waals surface area contributed by atoms with Gasteiger partial charge in [-0.25, -0.2) is 4.98 Å². The van der Waals surface area contributed by atoms with Crippen LogP contribution < -0.4 is 5.32 Å². The standard InChI is InChI=1S/C16H14N2O3S3/c1-21-14(19)7-11(13-3-2-5-23-13)17-15(20)12-9-24-16(18-12)10-4-6-22-8-10/h2-6,8-9,11H,7H2,1H3,(H,17,20). The third-order valence-corrected chi connectivity index (χ3v) is 5.86. The van der Waals surface area contributed by atoms with E-state index >= 15 is 0 Å². The number of methoxy groups -OCH3 is 1. The Labute approximate surface area is 150 Å². The summed E-state index contributed by atoms with van der Waals surface area (Å²) >= 11 is 4.50. The fraction of sp³-hybridized carbons (Fsp3) is 0.188. The molecule has 0 spiro atoms. The van der Waals surface area contributed by atoms with Gasteiger partial charge in [0.15, 0.2) is 0 Å². The number of esters is 1. The van der Waals surface area contributed by atoms with Gasteiger partial charge in [-0.15, -0.1) is 22.7 Å². The number of aromatic nitrogens is 1. The minimum absolute atomic E-state index is 0.0876. The van der Waals surface area contributed by atoms with Crippen LogP contribution >= 0.6 is 34.0 Å². The molecule has 1 amide bonds. The van der Waals surface area contributed by atoms with Gasteiger partial charge in [-0.1, -0.05) is 6.07 Å². The van der Waals surface area contributed by atoms with E-state index < -0.39 is 6.04 Å². The maximum atomic E-state index is 12.5. The van der Waals surface area contributed by atoms with E-state index in [1.807, 2.05) is 34.3 Å². The molecule has 0 saturated carbocycles. The SMILES string of the molecule is COC(=O)CC(NC(=O)c1csc(-c2ccsc2)n1)c1cccs1. The molecule has 0 fully saturated rings. The molecule has 1 atom stereocenters. The number of hydrogen-bond donors (Lipinski definition) is 1. The first-order valence-corrected chi connectivity index (χ1v) is 9.76. The molecule has 0 aliphatic carbocycles. The topological polar surface area (TPSA) is 68.3 Å². The van der Waals surface area contributed by atoms with Gasteiger partial charge in [0.05, 0.1) is 19.6 Å².